The van der Waals surface area contributed by atoms with Gasteiger partial charge in [0.25, 0.3) is 0 Å². The highest BCUT2D eigenvalue weighted by Crippen LogP contribution is 2.21. The van der Waals surface area contributed by atoms with Crippen LogP contribution in [-0.4, -0.2) is 5.78 Å². The van der Waals surface area contributed by atoms with Crippen molar-refractivity contribution in [1.82, 2.24) is 0 Å². The van der Waals surface area contributed by atoms with Gasteiger partial charge in [-0.1, -0.05) is 35.9 Å². The number of nitrogen functional groups attached to an aromatic ring is 1. The van der Waals surface area contributed by atoms with Gasteiger partial charge in [-0.3, -0.25) is 4.79 Å². The number of anilines is 1. The zero-order chi connectivity index (χ0) is 11.5. The fourth-order valence-corrected chi connectivity index (χ4v) is 1.83. The summed E-state index contributed by atoms with van der Waals surface area (Å²) in [6, 6.07) is 7.16. The van der Waals surface area contributed by atoms with E-state index in [-0.39, 0.29) is 11.7 Å². The molecule has 0 aromatic heterocycles. The number of Topliss-reactive ketones (excluding diaryl/α,β-unsaturated/α-hetero) is 1. The van der Waals surface area contributed by atoms with Crippen LogP contribution >= 0.6 is 0 Å². The predicted octanol–water partition coefficient (Wildman–Crippen LogP) is 2.97. The minimum atomic E-state index is -0.0366. The van der Waals surface area contributed by atoms with E-state index in [0.29, 0.717) is 11.3 Å². The largest absolute Gasteiger partial charge is 0.399 e. The quantitative estimate of drug-likeness (QED) is 0.606. The molecule has 1 aliphatic carbocycles. The van der Waals surface area contributed by atoms with Crippen molar-refractivity contribution >= 4 is 11.5 Å². The summed E-state index contributed by atoms with van der Waals surface area (Å²) in [5, 5.41) is 0. The molecule has 82 valence electrons. The number of hydrogen-bond acceptors (Lipinski definition) is 2. The van der Waals surface area contributed by atoms with E-state index < -0.39 is 0 Å². The van der Waals surface area contributed by atoms with Crippen molar-refractivity contribution < 1.29 is 4.79 Å². The normalized spacial score (nSPS) is 19.3. The van der Waals surface area contributed by atoms with Crippen molar-refractivity contribution in [2.45, 2.75) is 13.3 Å². The summed E-state index contributed by atoms with van der Waals surface area (Å²) in [4.78, 5) is 12.1. The van der Waals surface area contributed by atoms with Crippen LogP contribution in [0.2, 0.25) is 0 Å². The molecule has 1 aromatic rings. The Kier molecular flexibility index (Phi) is 2.91. The number of benzene rings is 1. The molecule has 0 bridgehead atoms. The van der Waals surface area contributed by atoms with Crippen molar-refractivity contribution in [2.75, 3.05) is 5.73 Å². The highest BCUT2D eigenvalue weighted by Gasteiger charge is 2.18. The molecule has 1 atom stereocenters. The Hall–Kier alpha value is -1.83. The van der Waals surface area contributed by atoms with Gasteiger partial charge in [-0.05, 0) is 25.5 Å². The third kappa shape index (κ3) is 2.22. The maximum atomic E-state index is 12.1. The first-order chi connectivity index (χ1) is 7.66. The fourth-order valence-electron chi connectivity index (χ4n) is 1.83. The van der Waals surface area contributed by atoms with Crippen molar-refractivity contribution in [3.8, 4) is 0 Å². The minimum Gasteiger partial charge on any atom is -0.399 e. The summed E-state index contributed by atoms with van der Waals surface area (Å²) in [7, 11) is 0. The zero-order valence-electron chi connectivity index (χ0n) is 9.31. The number of hydrogen-bond donors (Lipinski definition) is 1. The molecule has 0 heterocycles. The number of ketones is 1. The van der Waals surface area contributed by atoms with Crippen LogP contribution in [0.3, 0.4) is 0 Å². The van der Waals surface area contributed by atoms with Gasteiger partial charge in [0.2, 0.25) is 0 Å². The second-order valence-electron chi connectivity index (χ2n) is 4.14. The second kappa shape index (κ2) is 4.35. The molecule has 2 N–H and O–H groups in total. The third-order valence-corrected chi connectivity index (χ3v) is 2.79. The predicted molar refractivity (Wildman–Crippen MR) is 66.2 cm³/mol. The molecule has 0 aliphatic heterocycles. The van der Waals surface area contributed by atoms with E-state index in [1.54, 1.807) is 12.1 Å². The van der Waals surface area contributed by atoms with Crippen LogP contribution in [0.25, 0.3) is 0 Å². The Morgan fingerprint density at radius 2 is 2.25 bits per heavy atom. The maximum Gasteiger partial charge on any atom is 0.170 e. The summed E-state index contributed by atoms with van der Waals surface area (Å²) in [6.07, 6.45) is 6.85. The van der Waals surface area contributed by atoms with E-state index in [0.717, 1.165) is 6.42 Å². The molecular weight excluding hydrogens is 198 g/mol. The molecule has 0 amide bonds. The molecule has 0 fully saturated rings. The van der Waals surface area contributed by atoms with Crippen LogP contribution < -0.4 is 5.73 Å². The summed E-state index contributed by atoms with van der Waals surface area (Å²) in [5.74, 6) is 0.109. The first kappa shape index (κ1) is 10.7. The van der Waals surface area contributed by atoms with Crippen LogP contribution in [0.1, 0.15) is 23.7 Å². The first-order valence-electron chi connectivity index (χ1n) is 5.41. The Morgan fingerprint density at radius 3 is 2.88 bits per heavy atom. The molecule has 0 spiro atoms. The number of carbonyl (C=O) groups excluding carboxylic acids is 1. The van der Waals surface area contributed by atoms with E-state index in [1.165, 1.54) is 5.57 Å². The third-order valence-electron chi connectivity index (χ3n) is 2.79. The Balaban J connectivity index is 2.18. The molecule has 16 heavy (non-hydrogen) atoms. The summed E-state index contributed by atoms with van der Waals surface area (Å²) >= 11 is 0. The Labute approximate surface area is 95.5 Å². The molecule has 2 heteroatoms. The van der Waals surface area contributed by atoms with Gasteiger partial charge in [-0.25, -0.2) is 0 Å². The number of rotatable bonds is 2. The van der Waals surface area contributed by atoms with Gasteiger partial charge in [-0.2, -0.15) is 0 Å². The molecule has 1 aliphatic rings. The maximum absolute atomic E-state index is 12.1. The molecular formula is C14H15NO. The van der Waals surface area contributed by atoms with Gasteiger partial charge in [0, 0.05) is 17.2 Å². The van der Waals surface area contributed by atoms with Gasteiger partial charge < -0.3 is 5.73 Å². The van der Waals surface area contributed by atoms with E-state index >= 15 is 0 Å². The van der Waals surface area contributed by atoms with E-state index in [4.69, 9.17) is 5.73 Å². The highest BCUT2D eigenvalue weighted by atomic mass is 16.1. The van der Waals surface area contributed by atoms with E-state index in [2.05, 4.69) is 6.08 Å². The average molecular weight is 213 g/mol. The lowest BCUT2D eigenvalue weighted by Gasteiger charge is -2.13. The lowest BCUT2D eigenvalue weighted by molar-refractivity contribution is 0.0945. The fraction of sp³-hybridized carbons (Fsp3) is 0.214. The Morgan fingerprint density at radius 1 is 1.44 bits per heavy atom. The lowest BCUT2D eigenvalue weighted by Crippen LogP contribution is -2.13. The second-order valence-corrected chi connectivity index (χ2v) is 4.14. The molecule has 0 saturated carbocycles. The van der Waals surface area contributed by atoms with Crippen molar-refractivity contribution in [2.24, 2.45) is 5.92 Å². The molecule has 2 rings (SSSR count). The standard InChI is InChI=1S/C14H15NO/c1-10-5-7-11(8-6-10)14(16)12-3-2-4-13(15)9-12/h2-7,9,11H,8,15H2,1H3. The molecule has 1 unspecified atom stereocenters. The monoisotopic (exact) mass is 213 g/mol. The highest BCUT2D eigenvalue weighted by molar-refractivity contribution is 5.99. The molecule has 0 saturated heterocycles. The summed E-state index contributed by atoms with van der Waals surface area (Å²) in [6.45, 7) is 2.04. The number of nitrogens with two attached hydrogens (primary N) is 1. The SMILES string of the molecule is CC1=CCC(C(=O)c2cccc(N)c2)C=C1. The zero-order valence-corrected chi connectivity index (χ0v) is 9.31. The van der Waals surface area contributed by atoms with Crippen LogP contribution in [-0.2, 0) is 0 Å². The van der Waals surface area contributed by atoms with Crippen LogP contribution in [0, 0.1) is 5.92 Å². The summed E-state index contributed by atoms with van der Waals surface area (Å²) in [5.41, 5.74) is 8.22. The van der Waals surface area contributed by atoms with Crippen LogP contribution in [0.15, 0.2) is 48.1 Å². The van der Waals surface area contributed by atoms with E-state index in [9.17, 15) is 4.79 Å². The van der Waals surface area contributed by atoms with E-state index in [1.807, 2.05) is 31.2 Å². The average Bonchev–Trinajstić information content (AvgIpc) is 2.29. The number of carbonyl (C=O) groups is 1. The Bertz CT molecular complexity index is 471. The number of allylic oxidation sites excluding steroid dienone is 4. The van der Waals surface area contributed by atoms with Gasteiger partial charge in [-0.15, -0.1) is 0 Å². The van der Waals surface area contributed by atoms with Crippen molar-refractivity contribution in [1.29, 1.82) is 0 Å². The van der Waals surface area contributed by atoms with Crippen molar-refractivity contribution in [3.05, 3.63) is 53.6 Å². The van der Waals surface area contributed by atoms with Crippen LogP contribution in [0.4, 0.5) is 5.69 Å². The van der Waals surface area contributed by atoms with Gasteiger partial charge in [0.1, 0.15) is 0 Å². The topological polar surface area (TPSA) is 43.1 Å². The van der Waals surface area contributed by atoms with Crippen molar-refractivity contribution in [3.63, 3.8) is 0 Å². The van der Waals surface area contributed by atoms with Gasteiger partial charge >= 0.3 is 0 Å². The molecule has 1 aromatic carbocycles. The molecule has 0 radical (unpaired) electrons. The summed E-state index contributed by atoms with van der Waals surface area (Å²) < 4.78 is 0. The van der Waals surface area contributed by atoms with Gasteiger partial charge in [0.15, 0.2) is 5.78 Å². The van der Waals surface area contributed by atoms with Gasteiger partial charge in [0.05, 0.1) is 0 Å². The lowest BCUT2D eigenvalue weighted by atomic mass is 9.90. The smallest absolute Gasteiger partial charge is 0.170 e. The molecule has 2 nitrogen and oxygen atoms in total. The first-order valence-corrected chi connectivity index (χ1v) is 5.41. The minimum absolute atomic E-state index is 0.0366. The van der Waals surface area contributed by atoms with Crippen LogP contribution in [0.5, 0.6) is 0 Å².